The van der Waals surface area contributed by atoms with Crippen LogP contribution in [-0.4, -0.2) is 78.0 Å². The van der Waals surface area contributed by atoms with Crippen molar-refractivity contribution in [2.45, 2.75) is 70.2 Å². The first-order chi connectivity index (χ1) is 20.8. The number of amides is 1. The average molecular weight is 655 g/mol. The second kappa shape index (κ2) is 14.3. The van der Waals surface area contributed by atoms with E-state index in [0.29, 0.717) is 42.2 Å². The lowest BCUT2D eigenvalue weighted by Gasteiger charge is -2.40. The predicted octanol–water partition coefficient (Wildman–Crippen LogP) is 5.40. The molecule has 4 rings (SSSR count). The van der Waals surface area contributed by atoms with E-state index >= 15 is 0 Å². The number of methoxy groups -OCH3 is 2. The summed E-state index contributed by atoms with van der Waals surface area (Å²) in [6.45, 7) is 5.42. The Hall–Kier alpha value is -3.13. The zero-order valence-electron chi connectivity index (χ0n) is 25.2. The Bertz CT molecular complexity index is 1410. The first-order valence-electron chi connectivity index (χ1n) is 14.2. The van der Waals surface area contributed by atoms with Gasteiger partial charge >= 0.3 is 12.1 Å². The van der Waals surface area contributed by atoms with Crippen LogP contribution in [0.3, 0.4) is 0 Å². The Labute approximate surface area is 264 Å². The van der Waals surface area contributed by atoms with Gasteiger partial charge in [-0.05, 0) is 58.4 Å². The molecule has 44 heavy (non-hydrogen) atoms. The summed E-state index contributed by atoms with van der Waals surface area (Å²) in [5.74, 6) is -2.92. The second-order valence-electron chi connectivity index (χ2n) is 11.7. The van der Waals surface area contributed by atoms with E-state index in [1.807, 2.05) is 0 Å². The highest BCUT2D eigenvalue weighted by Gasteiger charge is 2.40. The lowest BCUT2D eigenvalue weighted by atomic mass is 9.80. The largest absolute Gasteiger partial charge is 0.466 e. The summed E-state index contributed by atoms with van der Waals surface area (Å²) >= 11 is 7.59. The molecule has 1 aliphatic carbocycles. The molecule has 1 aliphatic heterocycles. The summed E-state index contributed by atoms with van der Waals surface area (Å²) in [5, 5.41) is 15.6. The lowest BCUT2D eigenvalue weighted by Crippen LogP contribution is -2.49. The molecule has 1 aromatic heterocycles. The van der Waals surface area contributed by atoms with Crippen molar-refractivity contribution in [3.05, 3.63) is 62.2 Å². The molecule has 0 spiro atoms. The van der Waals surface area contributed by atoms with Crippen molar-refractivity contribution in [3.63, 3.8) is 0 Å². The van der Waals surface area contributed by atoms with Gasteiger partial charge in [-0.25, -0.2) is 23.4 Å². The van der Waals surface area contributed by atoms with E-state index in [4.69, 9.17) is 25.8 Å². The Balaban J connectivity index is 1.69. The predicted molar refractivity (Wildman–Crippen MR) is 162 cm³/mol. The van der Waals surface area contributed by atoms with Crippen molar-refractivity contribution in [2.24, 2.45) is 10.9 Å². The third kappa shape index (κ3) is 7.74. The molecule has 1 saturated carbocycles. The molecule has 1 fully saturated rings. The van der Waals surface area contributed by atoms with Crippen molar-refractivity contribution >= 4 is 40.8 Å². The third-order valence-electron chi connectivity index (χ3n) is 7.41. The number of carbonyl (C=O) groups excluding carboxylic acids is 2. The number of halogens is 3. The maximum absolute atomic E-state index is 14.6. The van der Waals surface area contributed by atoms with Crippen LogP contribution >= 0.6 is 22.9 Å². The first-order valence-corrected chi connectivity index (χ1v) is 15.5. The monoisotopic (exact) mass is 654 g/mol. The molecular formula is C30H37ClF2N4O6S. The molecule has 240 valence electrons. The lowest BCUT2D eigenvalue weighted by molar-refractivity contribution is -0.136. The van der Waals surface area contributed by atoms with E-state index < -0.39 is 46.5 Å². The summed E-state index contributed by atoms with van der Waals surface area (Å²) in [6, 6.07) is 0.906. The van der Waals surface area contributed by atoms with Gasteiger partial charge in [0.05, 0.1) is 37.0 Å². The van der Waals surface area contributed by atoms with Gasteiger partial charge in [-0.2, -0.15) is 0 Å². The number of aromatic nitrogens is 1. The zero-order valence-corrected chi connectivity index (χ0v) is 26.8. The smallest absolute Gasteiger partial charge is 0.410 e. The average Bonchev–Trinajstić information content (AvgIpc) is 3.52. The highest BCUT2D eigenvalue weighted by molar-refractivity contribution is 7.11. The van der Waals surface area contributed by atoms with Crippen LogP contribution in [0.1, 0.15) is 63.1 Å². The minimum Gasteiger partial charge on any atom is -0.466 e. The number of aliphatic imine (C=N–C) groups is 1. The highest BCUT2D eigenvalue weighted by Crippen LogP contribution is 2.42. The molecule has 10 nitrogen and oxygen atoms in total. The number of nitrogens with one attached hydrogen (secondary N) is 1. The number of rotatable bonds is 9. The Morgan fingerprint density at radius 2 is 1.91 bits per heavy atom. The number of amidine groups is 1. The van der Waals surface area contributed by atoms with Crippen LogP contribution in [0, 0.1) is 17.6 Å². The molecule has 1 amide bonds. The SMILES string of the molecule is COC[C@@H](O)CN(C(=O)OC(C)(C)C)C1CCC(C2=C(C(=O)OC)C(c3ccc(F)c(F)c3Cl)N=C(c3nccs3)N2)CC1. The van der Waals surface area contributed by atoms with Crippen LogP contribution in [0.5, 0.6) is 0 Å². The van der Waals surface area contributed by atoms with Crippen molar-refractivity contribution < 1.29 is 37.7 Å². The summed E-state index contributed by atoms with van der Waals surface area (Å²) in [4.78, 5) is 37.1. The van der Waals surface area contributed by atoms with E-state index in [0.717, 1.165) is 6.07 Å². The second-order valence-corrected chi connectivity index (χ2v) is 12.9. The van der Waals surface area contributed by atoms with E-state index in [9.17, 15) is 23.5 Å². The molecule has 2 heterocycles. The molecule has 2 aromatic rings. The quantitative estimate of drug-likeness (QED) is 0.272. The molecule has 0 radical (unpaired) electrons. The minimum atomic E-state index is -1.24. The number of ether oxygens (including phenoxy) is 3. The molecule has 0 saturated heterocycles. The van der Waals surface area contributed by atoms with Gasteiger partial charge < -0.3 is 29.5 Å². The molecule has 1 aromatic carbocycles. The fourth-order valence-corrected chi connectivity index (χ4v) is 6.33. The standard InChI is InChI=1S/C30H37ClF2N4O6S/c1-30(2,3)43-29(40)37(14-18(38)15-41-4)17-8-6-16(7-9-17)24-21(28(39)42-5)25(19-10-11-20(32)23(33)22(19)31)36-26(35-24)27-34-12-13-44-27/h10-13,16-18,25,38H,6-9,14-15H2,1-5H3,(H,35,36)/t16?,17?,18-,25?/m0/s1. The van der Waals surface area contributed by atoms with Crippen molar-refractivity contribution in [3.8, 4) is 0 Å². The number of aliphatic hydroxyl groups excluding tert-OH is 1. The van der Waals surface area contributed by atoms with Gasteiger partial charge in [-0.1, -0.05) is 17.7 Å². The van der Waals surface area contributed by atoms with Crippen LogP contribution in [0.2, 0.25) is 5.02 Å². The molecule has 2 N–H and O–H groups in total. The molecule has 1 unspecified atom stereocenters. The van der Waals surface area contributed by atoms with E-state index in [-0.39, 0.29) is 36.2 Å². The first kappa shape index (κ1) is 33.8. The third-order valence-corrected chi connectivity index (χ3v) is 8.58. The van der Waals surface area contributed by atoms with Crippen LogP contribution in [0.25, 0.3) is 0 Å². The number of allylic oxidation sites excluding steroid dienone is 1. The summed E-state index contributed by atoms with van der Waals surface area (Å²) < 4.78 is 44.5. The van der Waals surface area contributed by atoms with Crippen LogP contribution in [0.4, 0.5) is 13.6 Å². The number of carbonyl (C=O) groups is 2. The van der Waals surface area contributed by atoms with Gasteiger partial charge in [-0.15, -0.1) is 11.3 Å². The van der Waals surface area contributed by atoms with Crippen LogP contribution in [0.15, 0.2) is 40.0 Å². The number of aliphatic hydroxyl groups is 1. The highest BCUT2D eigenvalue weighted by atomic mass is 35.5. The normalized spacial score (nSPS) is 21.3. The van der Waals surface area contributed by atoms with E-state index in [2.05, 4.69) is 15.3 Å². The van der Waals surface area contributed by atoms with Crippen molar-refractivity contribution in [1.29, 1.82) is 0 Å². The summed E-state index contributed by atoms with van der Waals surface area (Å²) in [7, 11) is 2.71. The van der Waals surface area contributed by atoms with Gasteiger partial charge in [0.25, 0.3) is 0 Å². The Morgan fingerprint density at radius 1 is 1.20 bits per heavy atom. The zero-order chi connectivity index (χ0) is 32.2. The maximum atomic E-state index is 14.6. The number of nitrogens with zero attached hydrogens (tertiary/aromatic N) is 3. The molecule has 2 aliphatic rings. The topological polar surface area (TPSA) is 123 Å². The van der Waals surface area contributed by atoms with Gasteiger partial charge in [0.1, 0.15) is 11.6 Å². The van der Waals surface area contributed by atoms with E-state index in [1.165, 1.54) is 31.6 Å². The van der Waals surface area contributed by atoms with Crippen LogP contribution in [-0.2, 0) is 19.0 Å². The van der Waals surface area contributed by atoms with E-state index in [1.54, 1.807) is 37.2 Å². The number of esters is 1. The fraction of sp³-hybridized carbons (Fsp3) is 0.533. The summed E-state index contributed by atoms with van der Waals surface area (Å²) in [5.41, 5.74) is 0.0244. The van der Waals surface area contributed by atoms with Gasteiger partial charge in [0.2, 0.25) is 0 Å². The molecule has 0 bridgehead atoms. The van der Waals surface area contributed by atoms with Crippen molar-refractivity contribution in [1.82, 2.24) is 15.2 Å². The van der Waals surface area contributed by atoms with Gasteiger partial charge in [0, 0.05) is 36.0 Å². The Morgan fingerprint density at radius 3 is 2.50 bits per heavy atom. The number of benzene rings is 1. The number of hydrogen-bond acceptors (Lipinski definition) is 10. The minimum absolute atomic E-state index is 0.0317. The van der Waals surface area contributed by atoms with Gasteiger partial charge in [-0.3, -0.25) is 4.99 Å². The molecule has 14 heteroatoms. The maximum Gasteiger partial charge on any atom is 0.410 e. The van der Waals surface area contributed by atoms with Gasteiger partial charge in [0.15, 0.2) is 22.5 Å². The Kier molecular flexibility index (Phi) is 11.0. The number of thiazole rings is 1. The number of hydrogen-bond donors (Lipinski definition) is 2. The van der Waals surface area contributed by atoms with Crippen molar-refractivity contribution in [2.75, 3.05) is 27.4 Å². The summed E-state index contributed by atoms with van der Waals surface area (Å²) in [6.07, 6.45) is 2.31. The molecule has 2 atom stereocenters. The molecular weight excluding hydrogens is 618 g/mol. The van der Waals surface area contributed by atoms with Crippen LogP contribution < -0.4 is 5.32 Å². The fourth-order valence-electron chi connectivity index (χ4n) is 5.49.